The second-order valence-electron chi connectivity index (χ2n) is 2.91. The molecular formula is C9H14N2O4. The topological polar surface area (TPSA) is 73.6 Å². The molecule has 6 heteroatoms. The van der Waals surface area contributed by atoms with Crippen molar-refractivity contribution in [2.24, 2.45) is 0 Å². The molecule has 0 amide bonds. The van der Waals surface area contributed by atoms with Gasteiger partial charge in [0, 0.05) is 19.9 Å². The molecule has 0 saturated heterocycles. The lowest BCUT2D eigenvalue weighted by Crippen LogP contribution is -2.08. The Morgan fingerprint density at radius 3 is 2.93 bits per heavy atom. The monoisotopic (exact) mass is 214 g/mol. The average molecular weight is 214 g/mol. The van der Waals surface area contributed by atoms with E-state index in [1.54, 1.807) is 11.7 Å². The number of aromatic carboxylic acids is 1. The Hall–Kier alpha value is -1.40. The molecule has 0 fully saturated rings. The zero-order chi connectivity index (χ0) is 11.1. The van der Waals surface area contributed by atoms with Crippen molar-refractivity contribution in [2.75, 3.05) is 26.9 Å². The molecule has 0 atom stereocenters. The SMILES string of the molecule is COCCOCCn1cnc(C(=O)O)c1. The van der Waals surface area contributed by atoms with E-state index in [0.717, 1.165) is 0 Å². The van der Waals surface area contributed by atoms with Gasteiger partial charge < -0.3 is 19.1 Å². The number of carboxylic acids is 1. The number of methoxy groups -OCH3 is 1. The molecule has 0 aromatic carbocycles. The van der Waals surface area contributed by atoms with Gasteiger partial charge in [0.25, 0.3) is 0 Å². The largest absolute Gasteiger partial charge is 0.476 e. The first-order valence-corrected chi connectivity index (χ1v) is 4.56. The molecule has 0 spiro atoms. The second kappa shape index (κ2) is 6.15. The summed E-state index contributed by atoms with van der Waals surface area (Å²) in [5.74, 6) is -1.02. The number of carboxylic acid groups (broad SMARTS) is 1. The van der Waals surface area contributed by atoms with Crippen LogP contribution in [0, 0.1) is 0 Å². The Morgan fingerprint density at radius 2 is 2.33 bits per heavy atom. The average Bonchev–Trinajstić information content (AvgIpc) is 2.66. The molecule has 0 bridgehead atoms. The highest BCUT2D eigenvalue weighted by Gasteiger charge is 2.05. The van der Waals surface area contributed by atoms with Gasteiger partial charge in [-0.1, -0.05) is 0 Å². The molecule has 15 heavy (non-hydrogen) atoms. The van der Waals surface area contributed by atoms with Gasteiger partial charge in [-0.2, -0.15) is 0 Å². The molecule has 0 aliphatic rings. The van der Waals surface area contributed by atoms with Crippen molar-refractivity contribution in [3.05, 3.63) is 18.2 Å². The van der Waals surface area contributed by atoms with Crippen LogP contribution in [-0.2, 0) is 16.0 Å². The van der Waals surface area contributed by atoms with Crippen LogP contribution in [0.3, 0.4) is 0 Å². The van der Waals surface area contributed by atoms with E-state index in [-0.39, 0.29) is 5.69 Å². The summed E-state index contributed by atoms with van der Waals surface area (Å²) in [7, 11) is 1.61. The van der Waals surface area contributed by atoms with Crippen molar-refractivity contribution < 1.29 is 19.4 Å². The minimum Gasteiger partial charge on any atom is -0.476 e. The molecule has 6 nitrogen and oxygen atoms in total. The summed E-state index contributed by atoms with van der Waals surface area (Å²) in [4.78, 5) is 14.2. The van der Waals surface area contributed by atoms with Crippen molar-refractivity contribution >= 4 is 5.97 Å². The quantitative estimate of drug-likeness (QED) is 0.658. The fourth-order valence-electron chi connectivity index (χ4n) is 1.01. The van der Waals surface area contributed by atoms with Crippen molar-refractivity contribution in [1.29, 1.82) is 0 Å². The number of imidazole rings is 1. The highest BCUT2D eigenvalue weighted by Crippen LogP contribution is 1.95. The van der Waals surface area contributed by atoms with Crippen LogP contribution in [0.5, 0.6) is 0 Å². The maximum atomic E-state index is 10.5. The summed E-state index contributed by atoms with van der Waals surface area (Å²) in [5.41, 5.74) is 0.0480. The minimum absolute atomic E-state index is 0.0480. The van der Waals surface area contributed by atoms with Crippen molar-refractivity contribution in [3.63, 3.8) is 0 Å². The number of carbonyl (C=O) groups is 1. The van der Waals surface area contributed by atoms with Crippen LogP contribution >= 0.6 is 0 Å². The maximum Gasteiger partial charge on any atom is 0.356 e. The van der Waals surface area contributed by atoms with Gasteiger partial charge in [0.2, 0.25) is 0 Å². The molecular weight excluding hydrogens is 200 g/mol. The molecule has 1 heterocycles. The fraction of sp³-hybridized carbons (Fsp3) is 0.556. The second-order valence-corrected chi connectivity index (χ2v) is 2.91. The van der Waals surface area contributed by atoms with E-state index in [9.17, 15) is 4.79 Å². The first-order chi connectivity index (χ1) is 7.24. The Kier molecular flexibility index (Phi) is 4.79. The van der Waals surface area contributed by atoms with E-state index >= 15 is 0 Å². The van der Waals surface area contributed by atoms with Gasteiger partial charge in [0.05, 0.1) is 26.1 Å². The van der Waals surface area contributed by atoms with Gasteiger partial charge in [-0.15, -0.1) is 0 Å². The van der Waals surface area contributed by atoms with Crippen LogP contribution in [-0.4, -0.2) is 47.6 Å². The first-order valence-electron chi connectivity index (χ1n) is 4.56. The molecule has 0 unspecified atom stereocenters. The number of aromatic nitrogens is 2. The maximum absolute atomic E-state index is 10.5. The van der Waals surface area contributed by atoms with Crippen molar-refractivity contribution in [1.82, 2.24) is 9.55 Å². The van der Waals surface area contributed by atoms with Crippen LogP contribution < -0.4 is 0 Å². The van der Waals surface area contributed by atoms with Crippen LogP contribution in [0.2, 0.25) is 0 Å². The zero-order valence-corrected chi connectivity index (χ0v) is 8.55. The van der Waals surface area contributed by atoms with Gasteiger partial charge in [-0.05, 0) is 0 Å². The lowest BCUT2D eigenvalue weighted by atomic mass is 10.5. The fourth-order valence-corrected chi connectivity index (χ4v) is 1.01. The smallest absolute Gasteiger partial charge is 0.356 e. The molecule has 1 aromatic heterocycles. The van der Waals surface area contributed by atoms with Crippen LogP contribution in [0.1, 0.15) is 10.5 Å². The number of hydrogen-bond acceptors (Lipinski definition) is 4. The third-order valence-electron chi connectivity index (χ3n) is 1.78. The van der Waals surface area contributed by atoms with Gasteiger partial charge in [-0.25, -0.2) is 9.78 Å². The number of nitrogens with zero attached hydrogens (tertiary/aromatic N) is 2. The number of ether oxygens (including phenoxy) is 2. The summed E-state index contributed by atoms with van der Waals surface area (Å²) < 4.78 is 11.7. The molecule has 0 saturated carbocycles. The van der Waals surface area contributed by atoms with Crippen LogP contribution in [0.25, 0.3) is 0 Å². The Bertz CT molecular complexity index is 311. The summed E-state index contributed by atoms with van der Waals surface area (Å²) in [6.07, 6.45) is 2.95. The molecule has 1 rings (SSSR count). The molecule has 1 N–H and O–H groups in total. The van der Waals surface area contributed by atoms with E-state index in [4.69, 9.17) is 14.6 Å². The highest BCUT2D eigenvalue weighted by atomic mass is 16.5. The van der Waals surface area contributed by atoms with Gasteiger partial charge >= 0.3 is 5.97 Å². The molecule has 84 valence electrons. The minimum atomic E-state index is -1.02. The number of rotatable bonds is 7. The van der Waals surface area contributed by atoms with E-state index < -0.39 is 5.97 Å². The molecule has 0 aliphatic carbocycles. The van der Waals surface area contributed by atoms with Gasteiger partial charge in [-0.3, -0.25) is 0 Å². The summed E-state index contributed by atoms with van der Waals surface area (Å²) in [6.45, 7) is 2.20. The van der Waals surface area contributed by atoms with E-state index in [2.05, 4.69) is 4.98 Å². The lowest BCUT2D eigenvalue weighted by molar-refractivity contribution is 0.0663. The normalized spacial score (nSPS) is 10.5. The van der Waals surface area contributed by atoms with Crippen LogP contribution in [0.15, 0.2) is 12.5 Å². The molecule has 0 radical (unpaired) electrons. The number of hydrogen-bond donors (Lipinski definition) is 1. The standard InChI is InChI=1S/C9H14N2O4/c1-14-4-5-15-3-2-11-6-8(9(12)13)10-7-11/h6-7H,2-5H2,1H3,(H,12,13). The molecule has 0 aliphatic heterocycles. The highest BCUT2D eigenvalue weighted by molar-refractivity contribution is 5.84. The van der Waals surface area contributed by atoms with E-state index in [1.165, 1.54) is 12.5 Å². The Labute approximate surface area is 87.4 Å². The summed E-state index contributed by atoms with van der Waals surface area (Å²) >= 11 is 0. The Balaban J connectivity index is 2.23. The van der Waals surface area contributed by atoms with E-state index in [0.29, 0.717) is 26.4 Å². The van der Waals surface area contributed by atoms with Crippen LogP contribution in [0.4, 0.5) is 0 Å². The first kappa shape index (κ1) is 11.7. The lowest BCUT2D eigenvalue weighted by Gasteiger charge is -2.03. The third kappa shape index (κ3) is 4.09. The predicted molar refractivity (Wildman–Crippen MR) is 51.9 cm³/mol. The van der Waals surface area contributed by atoms with Crippen molar-refractivity contribution in [2.45, 2.75) is 6.54 Å². The van der Waals surface area contributed by atoms with Gasteiger partial charge in [0.1, 0.15) is 0 Å². The molecule has 1 aromatic rings. The Morgan fingerprint density at radius 1 is 1.53 bits per heavy atom. The predicted octanol–water partition coefficient (Wildman–Crippen LogP) is 0.244. The van der Waals surface area contributed by atoms with Crippen molar-refractivity contribution in [3.8, 4) is 0 Å². The third-order valence-corrected chi connectivity index (χ3v) is 1.78. The summed E-state index contributed by atoms with van der Waals surface area (Å²) in [5, 5.41) is 8.62. The van der Waals surface area contributed by atoms with E-state index in [1.807, 2.05) is 0 Å². The zero-order valence-electron chi connectivity index (χ0n) is 8.55. The van der Waals surface area contributed by atoms with Gasteiger partial charge in [0.15, 0.2) is 5.69 Å². The summed E-state index contributed by atoms with van der Waals surface area (Å²) in [6, 6.07) is 0.